The number of nitrogens with one attached hydrogen (secondary N) is 1. The summed E-state index contributed by atoms with van der Waals surface area (Å²) in [4.78, 5) is 27.1. The molecule has 1 atom stereocenters. The molecule has 0 fully saturated rings. The first-order chi connectivity index (χ1) is 8.65. The summed E-state index contributed by atoms with van der Waals surface area (Å²) < 4.78 is 9.44. The topological polar surface area (TPSA) is 104 Å². The van der Waals surface area contributed by atoms with Gasteiger partial charge in [0.1, 0.15) is 6.61 Å². The number of nitrogens with two attached hydrogens (primary N) is 1. The van der Waals surface area contributed by atoms with Gasteiger partial charge >= 0.3 is 12.1 Å². The number of rotatable bonds is 6. The molecule has 0 bridgehead atoms. The SMILES string of the molecule is COC(=O)CC(CN)NC(=O)OCc1cncs1. The normalized spacial score (nSPS) is 11.7. The molecule has 1 aromatic rings. The molecule has 3 N–H and O–H groups in total. The Labute approximate surface area is 108 Å². The van der Waals surface area contributed by atoms with Gasteiger partial charge in [-0.25, -0.2) is 4.79 Å². The van der Waals surface area contributed by atoms with Gasteiger partial charge < -0.3 is 20.5 Å². The fraction of sp³-hybridized carbons (Fsp3) is 0.500. The molecule has 1 amide bonds. The highest BCUT2D eigenvalue weighted by Gasteiger charge is 2.16. The van der Waals surface area contributed by atoms with Crippen LogP contribution in [0.1, 0.15) is 11.3 Å². The Morgan fingerprint density at radius 1 is 1.61 bits per heavy atom. The van der Waals surface area contributed by atoms with E-state index >= 15 is 0 Å². The van der Waals surface area contributed by atoms with E-state index in [0.717, 1.165) is 4.88 Å². The zero-order chi connectivity index (χ0) is 13.4. The molecule has 100 valence electrons. The molecule has 0 aromatic carbocycles. The number of hydrogen-bond donors (Lipinski definition) is 2. The van der Waals surface area contributed by atoms with Crippen LogP contribution in [0.3, 0.4) is 0 Å². The maximum Gasteiger partial charge on any atom is 0.407 e. The molecule has 0 aliphatic carbocycles. The molecule has 0 saturated heterocycles. The molecule has 0 aliphatic heterocycles. The summed E-state index contributed by atoms with van der Waals surface area (Å²) >= 11 is 1.39. The van der Waals surface area contributed by atoms with Gasteiger partial charge in [-0.3, -0.25) is 9.78 Å². The lowest BCUT2D eigenvalue weighted by atomic mass is 10.2. The van der Waals surface area contributed by atoms with Crippen LogP contribution in [-0.4, -0.2) is 36.7 Å². The number of alkyl carbamates (subject to hydrolysis) is 1. The third kappa shape index (κ3) is 5.11. The molecule has 8 heteroatoms. The number of hydrogen-bond acceptors (Lipinski definition) is 7. The number of methoxy groups -OCH3 is 1. The Morgan fingerprint density at radius 3 is 2.94 bits per heavy atom. The number of ether oxygens (including phenoxy) is 2. The quantitative estimate of drug-likeness (QED) is 0.720. The third-order valence-corrected chi connectivity index (χ3v) is 2.83. The fourth-order valence-electron chi connectivity index (χ4n) is 1.14. The Hall–Kier alpha value is -1.67. The number of esters is 1. The van der Waals surface area contributed by atoms with E-state index in [2.05, 4.69) is 15.0 Å². The van der Waals surface area contributed by atoms with E-state index in [9.17, 15) is 9.59 Å². The number of amides is 1. The van der Waals surface area contributed by atoms with Crippen LogP contribution in [0.2, 0.25) is 0 Å². The summed E-state index contributed by atoms with van der Waals surface area (Å²) in [5, 5.41) is 2.49. The number of carbonyl (C=O) groups is 2. The van der Waals surface area contributed by atoms with Crippen LogP contribution in [0.4, 0.5) is 4.79 Å². The number of nitrogens with zero attached hydrogens (tertiary/aromatic N) is 1. The lowest BCUT2D eigenvalue weighted by Gasteiger charge is -2.15. The summed E-state index contributed by atoms with van der Waals surface area (Å²) in [7, 11) is 1.28. The van der Waals surface area contributed by atoms with Crippen molar-refractivity contribution in [3.8, 4) is 0 Å². The van der Waals surface area contributed by atoms with Crippen LogP contribution in [0, 0.1) is 0 Å². The summed E-state index contributed by atoms with van der Waals surface area (Å²) in [6, 6.07) is -0.494. The molecule has 0 saturated carbocycles. The Balaban J connectivity index is 2.30. The van der Waals surface area contributed by atoms with Gasteiger partial charge in [0.15, 0.2) is 0 Å². The van der Waals surface area contributed by atoms with Crippen LogP contribution in [0.25, 0.3) is 0 Å². The molecule has 1 aromatic heterocycles. The van der Waals surface area contributed by atoms with Crippen molar-refractivity contribution < 1.29 is 19.1 Å². The molecule has 1 heterocycles. The summed E-state index contributed by atoms with van der Waals surface area (Å²) in [5.74, 6) is -0.437. The number of carbonyl (C=O) groups excluding carboxylic acids is 2. The van der Waals surface area contributed by atoms with Crippen LogP contribution in [0.5, 0.6) is 0 Å². The van der Waals surface area contributed by atoms with E-state index in [4.69, 9.17) is 10.5 Å². The average molecular weight is 273 g/mol. The van der Waals surface area contributed by atoms with Gasteiger partial charge in [0, 0.05) is 12.7 Å². The standard InChI is InChI=1S/C10H15N3O4S/c1-16-9(14)2-7(3-11)13-10(15)17-5-8-4-12-6-18-8/h4,6-7H,2-3,5,11H2,1H3,(H,13,15). The minimum absolute atomic E-state index is 0.0165. The minimum atomic E-state index is -0.622. The van der Waals surface area contributed by atoms with Crippen LogP contribution in [-0.2, 0) is 20.9 Å². The summed E-state index contributed by atoms with van der Waals surface area (Å²) in [6.45, 7) is 0.275. The summed E-state index contributed by atoms with van der Waals surface area (Å²) in [5.41, 5.74) is 7.08. The van der Waals surface area contributed by atoms with E-state index in [0.29, 0.717) is 0 Å². The van der Waals surface area contributed by atoms with Crippen molar-refractivity contribution >= 4 is 23.4 Å². The lowest BCUT2D eigenvalue weighted by Crippen LogP contribution is -2.42. The number of thiazole rings is 1. The second kappa shape index (κ2) is 7.62. The highest BCUT2D eigenvalue weighted by Crippen LogP contribution is 2.06. The van der Waals surface area contributed by atoms with Crippen molar-refractivity contribution in [2.45, 2.75) is 19.1 Å². The van der Waals surface area contributed by atoms with E-state index in [1.807, 2.05) is 0 Å². The van der Waals surface area contributed by atoms with Crippen molar-refractivity contribution in [2.24, 2.45) is 5.73 Å². The van der Waals surface area contributed by atoms with Crippen molar-refractivity contribution in [3.05, 3.63) is 16.6 Å². The zero-order valence-corrected chi connectivity index (χ0v) is 10.7. The van der Waals surface area contributed by atoms with E-state index in [1.54, 1.807) is 11.7 Å². The predicted octanol–water partition coefficient (Wildman–Crippen LogP) is 0.260. The minimum Gasteiger partial charge on any atom is -0.469 e. The fourth-order valence-corrected chi connectivity index (χ4v) is 1.64. The largest absolute Gasteiger partial charge is 0.469 e. The molecular formula is C10H15N3O4S. The van der Waals surface area contributed by atoms with Crippen molar-refractivity contribution in [1.82, 2.24) is 10.3 Å². The smallest absolute Gasteiger partial charge is 0.407 e. The van der Waals surface area contributed by atoms with E-state index in [-0.39, 0.29) is 19.6 Å². The van der Waals surface area contributed by atoms with Gasteiger partial charge in [-0.05, 0) is 0 Å². The van der Waals surface area contributed by atoms with Gasteiger partial charge in [-0.2, -0.15) is 0 Å². The molecule has 0 radical (unpaired) electrons. The first-order valence-electron chi connectivity index (χ1n) is 5.23. The Bertz CT molecular complexity index is 382. The van der Waals surface area contributed by atoms with Crippen molar-refractivity contribution in [2.75, 3.05) is 13.7 Å². The van der Waals surface area contributed by atoms with Gasteiger partial charge in [-0.1, -0.05) is 0 Å². The first-order valence-corrected chi connectivity index (χ1v) is 6.11. The highest BCUT2D eigenvalue weighted by molar-refractivity contribution is 7.09. The van der Waals surface area contributed by atoms with Gasteiger partial charge in [0.2, 0.25) is 0 Å². The lowest BCUT2D eigenvalue weighted by molar-refractivity contribution is -0.141. The highest BCUT2D eigenvalue weighted by atomic mass is 32.1. The molecule has 1 unspecified atom stereocenters. The Kier molecular flexibility index (Phi) is 6.09. The van der Waals surface area contributed by atoms with Crippen LogP contribution in [0.15, 0.2) is 11.7 Å². The molecule has 18 heavy (non-hydrogen) atoms. The van der Waals surface area contributed by atoms with Crippen molar-refractivity contribution in [1.29, 1.82) is 0 Å². The molecule has 0 spiro atoms. The van der Waals surface area contributed by atoms with Gasteiger partial charge in [0.05, 0.1) is 30.0 Å². The van der Waals surface area contributed by atoms with Crippen LogP contribution < -0.4 is 11.1 Å². The average Bonchev–Trinajstić information content (AvgIpc) is 2.88. The number of aromatic nitrogens is 1. The van der Waals surface area contributed by atoms with Crippen molar-refractivity contribution in [3.63, 3.8) is 0 Å². The maximum absolute atomic E-state index is 11.4. The molecule has 0 aliphatic rings. The molecule has 7 nitrogen and oxygen atoms in total. The Morgan fingerprint density at radius 2 is 2.39 bits per heavy atom. The van der Waals surface area contributed by atoms with E-state index < -0.39 is 18.1 Å². The monoisotopic (exact) mass is 273 g/mol. The first kappa shape index (κ1) is 14.4. The third-order valence-electron chi connectivity index (χ3n) is 2.08. The maximum atomic E-state index is 11.4. The second-order valence-corrected chi connectivity index (χ2v) is 4.37. The zero-order valence-electron chi connectivity index (χ0n) is 9.92. The van der Waals surface area contributed by atoms with E-state index in [1.165, 1.54) is 18.4 Å². The summed E-state index contributed by atoms with van der Waals surface area (Å²) in [6.07, 6.45) is 1.01. The van der Waals surface area contributed by atoms with Gasteiger partial charge in [-0.15, -0.1) is 11.3 Å². The molecular weight excluding hydrogens is 258 g/mol. The van der Waals surface area contributed by atoms with Crippen LogP contribution >= 0.6 is 11.3 Å². The predicted molar refractivity (Wildman–Crippen MR) is 64.9 cm³/mol. The molecule has 1 rings (SSSR count). The van der Waals surface area contributed by atoms with Gasteiger partial charge in [0.25, 0.3) is 0 Å². The second-order valence-electron chi connectivity index (χ2n) is 3.40.